The van der Waals surface area contributed by atoms with E-state index in [1.165, 1.54) is 0 Å². The molecule has 0 bridgehead atoms. The highest BCUT2D eigenvalue weighted by Crippen LogP contribution is 2.39. The fourth-order valence-electron chi connectivity index (χ4n) is 4.03. The lowest BCUT2D eigenvalue weighted by Gasteiger charge is -2.25. The zero-order chi connectivity index (χ0) is 20.8. The number of aryl methyl sites for hydroxylation is 1. The Kier molecular flexibility index (Phi) is 4.13. The maximum absolute atomic E-state index is 13.5. The van der Waals surface area contributed by atoms with Gasteiger partial charge >= 0.3 is 0 Å². The van der Waals surface area contributed by atoms with Gasteiger partial charge in [-0.3, -0.25) is 14.6 Å². The molecule has 1 atom stereocenters. The van der Waals surface area contributed by atoms with Gasteiger partial charge < -0.3 is 14.4 Å². The molecule has 5 rings (SSSR count). The summed E-state index contributed by atoms with van der Waals surface area (Å²) in [6.45, 7) is 2.16. The average Bonchev–Trinajstić information content (AvgIpc) is 3.02. The van der Waals surface area contributed by atoms with E-state index in [4.69, 9.17) is 4.42 Å². The van der Waals surface area contributed by atoms with Crippen molar-refractivity contribution in [2.24, 2.45) is 0 Å². The van der Waals surface area contributed by atoms with E-state index in [0.717, 1.165) is 11.1 Å². The lowest BCUT2D eigenvalue weighted by Crippen LogP contribution is -2.29. The number of pyridine rings is 1. The third-order valence-corrected chi connectivity index (χ3v) is 5.38. The molecular formula is C24H18N2O4. The van der Waals surface area contributed by atoms with Crippen LogP contribution >= 0.6 is 0 Å². The van der Waals surface area contributed by atoms with Crippen molar-refractivity contribution in [3.63, 3.8) is 0 Å². The van der Waals surface area contributed by atoms with Crippen LogP contribution in [0.1, 0.15) is 38.9 Å². The van der Waals surface area contributed by atoms with E-state index in [-0.39, 0.29) is 29.4 Å². The topological polar surface area (TPSA) is 83.6 Å². The summed E-state index contributed by atoms with van der Waals surface area (Å²) >= 11 is 0. The van der Waals surface area contributed by atoms with Gasteiger partial charge in [0, 0.05) is 18.9 Å². The smallest absolute Gasteiger partial charge is 0.291 e. The quantitative estimate of drug-likeness (QED) is 0.565. The molecule has 1 aliphatic rings. The molecule has 3 heterocycles. The normalized spacial score (nSPS) is 15.6. The standard InChI is InChI=1S/C24H18N2O4/c1-14-7-8-19-18(10-14)22(28)20-21(16-5-2-6-17(27)11-16)26(24(29)23(20)30-19)13-15-4-3-9-25-12-15/h2-12,21,27H,13H2,1H3/t21-/m1/s1. The second kappa shape index (κ2) is 6.84. The van der Waals surface area contributed by atoms with Crippen LogP contribution in [0.15, 0.2) is 76.2 Å². The number of phenolic OH excluding ortho intramolecular Hbond substituents is 1. The number of aromatic hydroxyl groups is 1. The van der Waals surface area contributed by atoms with Crippen LogP contribution in [0.4, 0.5) is 0 Å². The molecule has 4 aromatic rings. The molecule has 148 valence electrons. The van der Waals surface area contributed by atoms with Crippen LogP contribution in [-0.4, -0.2) is 20.9 Å². The van der Waals surface area contributed by atoms with Crippen molar-refractivity contribution in [1.29, 1.82) is 0 Å². The molecule has 1 aliphatic heterocycles. The lowest BCUT2D eigenvalue weighted by atomic mass is 9.98. The van der Waals surface area contributed by atoms with E-state index < -0.39 is 6.04 Å². The number of amides is 1. The van der Waals surface area contributed by atoms with Crippen LogP contribution in [0.3, 0.4) is 0 Å². The second-order valence-corrected chi connectivity index (χ2v) is 7.47. The zero-order valence-corrected chi connectivity index (χ0v) is 16.2. The Morgan fingerprint density at radius 3 is 2.73 bits per heavy atom. The number of hydrogen-bond donors (Lipinski definition) is 1. The number of hydrogen-bond acceptors (Lipinski definition) is 5. The van der Waals surface area contributed by atoms with Crippen molar-refractivity contribution in [3.8, 4) is 5.75 Å². The number of rotatable bonds is 3. The molecule has 2 aromatic heterocycles. The van der Waals surface area contributed by atoms with Crippen LogP contribution in [0.2, 0.25) is 0 Å². The van der Waals surface area contributed by atoms with Gasteiger partial charge in [-0.05, 0) is 48.4 Å². The molecule has 6 heteroatoms. The minimum atomic E-state index is -0.666. The van der Waals surface area contributed by atoms with E-state index in [1.54, 1.807) is 59.8 Å². The lowest BCUT2D eigenvalue weighted by molar-refractivity contribution is 0.0714. The van der Waals surface area contributed by atoms with Crippen molar-refractivity contribution >= 4 is 16.9 Å². The predicted octanol–water partition coefficient (Wildman–Crippen LogP) is 3.95. The highest BCUT2D eigenvalue weighted by atomic mass is 16.3. The summed E-state index contributed by atoms with van der Waals surface area (Å²) in [6, 6.07) is 15.0. The fourth-order valence-corrected chi connectivity index (χ4v) is 4.03. The number of nitrogens with zero attached hydrogens (tertiary/aromatic N) is 2. The van der Waals surface area contributed by atoms with E-state index in [2.05, 4.69) is 4.98 Å². The highest BCUT2D eigenvalue weighted by molar-refractivity contribution is 5.99. The van der Waals surface area contributed by atoms with Crippen LogP contribution in [0.25, 0.3) is 11.0 Å². The van der Waals surface area contributed by atoms with E-state index in [9.17, 15) is 14.7 Å². The second-order valence-electron chi connectivity index (χ2n) is 7.47. The molecule has 0 radical (unpaired) electrons. The Bertz CT molecular complexity index is 1340. The average molecular weight is 398 g/mol. The van der Waals surface area contributed by atoms with E-state index >= 15 is 0 Å². The number of benzene rings is 2. The minimum Gasteiger partial charge on any atom is -0.508 e. The van der Waals surface area contributed by atoms with Gasteiger partial charge in [-0.2, -0.15) is 0 Å². The summed E-state index contributed by atoms with van der Waals surface area (Å²) in [4.78, 5) is 32.5. The van der Waals surface area contributed by atoms with Gasteiger partial charge in [0.1, 0.15) is 11.3 Å². The number of carbonyl (C=O) groups excluding carboxylic acids is 1. The predicted molar refractivity (Wildman–Crippen MR) is 111 cm³/mol. The summed E-state index contributed by atoms with van der Waals surface area (Å²) in [7, 11) is 0. The van der Waals surface area contributed by atoms with Gasteiger partial charge in [-0.15, -0.1) is 0 Å². The maximum atomic E-state index is 13.5. The first-order valence-electron chi connectivity index (χ1n) is 9.59. The Morgan fingerprint density at radius 1 is 1.10 bits per heavy atom. The van der Waals surface area contributed by atoms with Crippen LogP contribution in [0.5, 0.6) is 5.75 Å². The number of fused-ring (bicyclic) bond motifs is 2. The van der Waals surface area contributed by atoms with Crippen molar-refractivity contribution in [1.82, 2.24) is 9.88 Å². The van der Waals surface area contributed by atoms with Crippen LogP contribution in [0, 0.1) is 6.92 Å². The largest absolute Gasteiger partial charge is 0.508 e. The third kappa shape index (κ3) is 2.85. The molecule has 0 fully saturated rings. The molecule has 0 spiro atoms. The van der Waals surface area contributed by atoms with E-state index in [0.29, 0.717) is 22.1 Å². The molecule has 0 saturated heterocycles. The third-order valence-electron chi connectivity index (χ3n) is 5.38. The van der Waals surface area contributed by atoms with Gasteiger partial charge in [-0.1, -0.05) is 29.8 Å². The summed E-state index contributed by atoms with van der Waals surface area (Å²) in [5.74, 6) is -0.244. The monoisotopic (exact) mass is 398 g/mol. The van der Waals surface area contributed by atoms with Crippen molar-refractivity contribution in [2.75, 3.05) is 0 Å². The van der Waals surface area contributed by atoms with Gasteiger partial charge in [0.05, 0.1) is 17.0 Å². The summed E-state index contributed by atoms with van der Waals surface area (Å²) in [6.07, 6.45) is 3.35. The molecule has 0 aliphatic carbocycles. The first kappa shape index (κ1) is 18.1. The molecule has 30 heavy (non-hydrogen) atoms. The maximum Gasteiger partial charge on any atom is 0.291 e. The highest BCUT2D eigenvalue weighted by Gasteiger charge is 2.42. The van der Waals surface area contributed by atoms with Crippen molar-refractivity contribution < 1.29 is 14.3 Å². The van der Waals surface area contributed by atoms with Gasteiger partial charge in [0.15, 0.2) is 5.43 Å². The minimum absolute atomic E-state index is 0.0496. The van der Waals surface area contributed by atoms with Gasteiger partial charge in [-0.25, -0.2) is 0 Å². The number of aromatic nitrogens is 1. The number of phenols is 1. The zero-order valence-electron chi connectivity index (χ0n) is 16.2. The van der Waals surface area contributed by atoms with E-state index in [1.807, 2.05) is 19.1 Å². The fraction of sp³-hybridized carbons (Fsp3) is 0.125. The molecule has 6 nitrogen and oxygen atoms in total. The molecule has 0 unspecified atom stereocenters. The van der Waals surface area contributed by atoms with Gasteiger partial charge in [0.2, 0.25) is 5.76 Å². The van der Waals surface area contributed by atoms with Crippen molar-refractivity contribution in [3.05, 3.63) is 105 Å². The van der Waals surface area contributed by atoms with Crippen molar-refractivity contribution in [2.45, 2.75) is 19.5 Å². The molecule has 1 N–H and O–H groups in total. The molecule has 1 amide bonds. The van der Waals surface area contributed by atoms with Gasteiger partial charge in [0.25, 0.3) is 5.91 Å². The molecular weight excluding hydrogens is 380 g/mol. The molecule has 0 saturated carbocycles. The number of carbonyl (C=O) groups is 1. The Labute approximate surface area is 172 Å². The molecule has 2 aromatic carbocycles. The summed E-state index contributed by atoms with van der Waals surface area (Å²) in [5.41, 5.74) is 2.86. The first-order valence-corrected chi connectivity index (χ1v) is 9.59. The first-order chi connectivity index (χ1) is 14.5. The Morgan fingerprint density at radius 2 is 1.97 bits per heavy atom. The Hall–Kier alpha value is -3.93. The summed E-state index contributed by atoms with van der Waals surface area (Å²) < 4.78 is 5.93. The SMILES string of the molecule is Cc1ccc2oc3c(c(=O)c2c1)[C@@H](c1cccc(O)c1)N(Cc1cccnc1)C3=O. The van der Waals surface area contributed by atoms with Crippen LogP contribution < -0.4 is 5.43 Å². The van der Waals surface area contributed by atoms with Crippen LogP contribution in [-0.2, 0) is 6.54 Å². The Balaban J connectivity index is 1.75. The summed E-state index contributed by atoms with van der Waals surface area (Å²) in [5, 5.41) is 10.5.